The van der Waals surface area contributed by atoms with Crippen LogP contribution in [0.1, 0.15) is 18.9 Å². The van der Waals surface area contributed by atoms with Crippen LogP contribution in [0.2, 0.25) is 0 Å². The quantitative estimate of drug-likeness (QED) is 0.808. The molecular formula is C15H20N2O2. The number of aromatic hydroxyl groups is 1. The number of nitrogens with two attached hydrogens (primary N) is 1. The van der Waals surface area contributed by atoms with Crippen molar-refractivity contribution in [2.75, 3.05) is 13.1 Å². The van der Waals surface area contributed by atoms with Crippen molar-refractivity contribution < 1.29 is 9.90 Å². The van der Waals surface area contributed by atoms with E-state index in [4.69, 9.17) is 5.73 Å². The van der Waals surface area contributed by atoms with E-state index in [1.807, 2.05) is 11.8 Å². The second-order valence-corrected chi connectivity index (χ2v) is 5.08. The molecule has 0 aromatic heterocycles. The molecule has 0 spiro atoms. The lowest BCUT2D eigenvalue weighted by Crippen LogP contribution is -2.46. The van der Waals surface area contributed by atoms with Gasteiger partial charge in [0.25, 0.3) is 0 Å². The predicted molar refractivity (Wildman–Crippen MR) is 74.7 cm³/mol. The molecule has 1 heterocycles. The fourth-order valence-corrected chi connectivity index (χ4v) is 2.31. The van der Waals surface area contributed by atoms with Crippen LogP contribution in [0.3, 0.4) is 0 Å². The second-order valence-electron chi connectivity index (χ2n) is 5.08. The van der Waals surface area contributed by atoms with E-state index in [9.17, 15) is 9.90 Å². The highest BCUT2D eigenvalue weighted by molar-refractivity contribution is 5.82. The zero-order chi connectivity index (χ0) is 13.8. The summed E-state index contributed by atoms with van der Waals surface area (Å²) in [5.74, 6) is 0.223. The summed E-state index contributed by atoms with van der Waals surface area (Å²) in [6, 6.07) is 6.30. The van der Waals surface area contributed by atoms with Gasteiger partial charge in [-0.05, 0) is 37.5 Å². The van der Waals surface area contributed by atoms with Gasteiger partial charge < -0.3 is 15.7 Å². The molecule has 0 aliphatic carbocycles. The summed E-state index contributed by atoms with van der Waals surface area (Å²) in [5, 5.41) is 9.22. The van der Waals surface area contributed by atoms with Gasteiger partial charge in [0.05, 0.1) is 6.04 Å². The maximum absolute atomic E-state index is 12.2. The first-order valence-electron chi connectivity index (χ1n) is 6.54. The first-order chi connectivity index (χ1) is 9.06. The van der Waals surface area contributed by atoms with E-state index in [0.29, 0.717) is 13.0 Å². The number of carbonyl (C=O) groups is 1. The van der Waals surface area contributed by atoms with Crippen molar-refractivity contribution in [2.45, 2.75) is 25.8 Å². The first-order valence-corrected chi connectivity index (χ1v) is 6.54. The number of amides is 1. The van der Waals surface area contributed by atoms with E-state index >= 15 is 0 Å². The van der Waals surface area contributed by atoms with Gasteiger partial charge in [-0.25, -0.2) is 0 Å². The predicted octanol–water partition coefficient (Wildman–Crippen LogP) is 1.44. The lowest BCUT2D eigenvalue weighted by molar-refractivity contribution is -0.132. The number of phenols is 1. The second kappa shape index (κ2) is 5.89. The normalized spacial score (nSPS) is 16.9. The van der Waals surface area contributed by atoms with Crippen LogP contribution < -0.4 is 5.73 Å². The Labute approximate surface area is 113 Å². The summed E-state index contributed by atoms with van der Waals surface area (Å²) < 4.78 is 0. The van der Waals surface area contributed by atoms with E-state index in [0.717, 1.165) is 18.5 Å². The molecule has 1 atom stereocenters. The monoisotopic (exact) mass is 260 g/mol. The standard InChI is InChI=1S/C15H20N2O2/c1-11-3-2-8-17(10-11)15(19)14(16)9-12-4-6-13(18)7-5-12/h3-7,14,18H,2,8-10,16H2,1H3. The Morgan fingerprint density at radius 1 is 1.42 bits per heavy atom. The zero-order valence-corrected chi connectivity index (χ0v) is 11.2. The fourth-order valence-electron chi connectivity index (χ4n) is 2.31. The average Bonchev–Trinajstić information content (AvgIpc) is 2.40. The number of rotatable bonds is 3. The number of hydrogen-bond acceptors (Lipinski definition) is 3. The van der Waals surface area contributed by atoms with Crippen molar-refractivity contribution in [3.8, 4) is 5.75 Å². The minimum absolute atomic E-state index is 0.000486. The van der Waals surface area contributed by atoms with Crippen LogP contribution in [0.4, 0.5) is 0 Å². The van der Waals surface area contributed by atoms with Gasteiger partial charge in [-0.1, -0.05) is 23.8 Å². The molecule has 1 unspecified atom stereocenters. The molecule has 0 saturated heterocycles. The Morgan fingerprint density at radius 2 is 2.11 bits per heavy atom. The van der Waals surface area contributed by atoms with Crippen molar-refractivity contribution in [3.05, 3.63) is 41.5 Å². The molecule has 1 aliphatic heterocycles. The van der Waals surface area contributed by atoms with E-state index in [1.165, 1.54) is 5.57 Å². The van der Waals surface area contributed by atoms with Crippen molar-refractivity contribution >= 4 is 5.91 Å². The lowest BCUT2D eigenvalue weighted by Gasteiger charge is -2.28. The van der Waals surface area contributed by atoms with Gasteiger partial charge in [0.15, 0.2) is 0 Å². The number of nitrogens with zero attached hydrogens (tertiary/aromatic N) is 1. The minimum atomic E-state index is -0.518. The van der Waals surface area contributed by atoms with Crippen LogP contribution in [-0.4, -0.2) is 35.0 Å². The Kier molecular flexibility index (Phi) is 4.22. The van der Waals surface area contributed by atoms with Crippen molar-refractivity contribution in [1.29, 1.82) is 0 Å². The summed E-state index contributed by atoms with van der Waals surface area (Å²) in [4.78, 5) is 14.1. The molecule has 0 radical (unpaired) electrons. The van der Waals surface area contributed by atoms with Crippen LogP contribution in [0.5, 0.6) is 5.75 Å². The number of carbonyl (C=O) groups excluding carboxylic acids is 1. The summed E-state index contributed by atoms with van der Waals surface area (Å²) >= 11 is 0. The fraction of sp³-hybridized carbons (Fsp3) is 0.400. The van der Waals surface area contributed by atoms with Gasteiger partial charge in [0.2, 0.25) is 5.91 Å². The molecule has 102 valence electrons. The van der Waals surface area contributed by atoms with Crippen LogP contribution in [-0.2, 0) is 11.2 Å². The van der Waals surface area contributed by atoms with Crippen LogP contribution >= 0.6 is 0 Å². The van der Waals surface area contributed by atoms with Gasteiger partial charge >= 0.3 is 0 Å². The van der Waals surface area contributed by atoms with E-state index < -0.39 is 6.04 Å². The molecule has 1 aromatic carbocycles. The number of benzene rings is 1. The van der Waals surface area contributed by atoms with Crippen LogP contribution in [0.15, 0.2) is 35.9 Å². The molecule has 1 aromatic rings. The van der Waals surface area contributed by atoms with E-state index in [-0.39, 0.29) is 11.7 Å². The molecule has 2 rings (SSSR count). The van der Waals surface area contributed by atoms with E-state index in [1.54, 1.807) is 24.3 Å². The van der Waals surface area contributed by atoms with Crippen molar-refractivity contribution in [1.82, 2.24) is 4.90 Å². The van der Waals surface area contributed by atoms with Crippen LogP contribution in [0, 0.1) is 0 Å². The van der Waals surface area contributed by atoms with Gasteiger partial charge in [0, 0.05) is 13.1 Å². The highest BCUT2D eigenvalue weighted by Crippen LogP contribution is 2.13. The molecule has 3 N–H and O–H groups in total. The molecule has 4 nitrogen and oxygen atoms in total. The molecule has 19 heavy (non-hydrogen) atoms. The Bertz CT molecular complexity index is 479. The molecule has 0 bridgehead atoms. The Hall–Kier alpha value is -1.81. The third kappa shape index (κ3) is 3.58. The maximum atomic E-state index is 12.2. The third-order valence-corrected chi connectivity index (χ3v) is 3.35. The first kappa shape index (κ1) is 13.6. The topological polar surface area (TPSA) is 66.6 Å². The summed E-state index contributed by atoms with van der Waals surface area (Å²) in [7, 11) is 0. The van der Waals surface area contributed by atoms with Crippen molar-refractivity contribution in [2.24, 2.45) is 5.73 Å². The molecule has 0 fully saturated rings. The molecule has 4 heteroatoms. The summed E-state index contributed by atoms with van der Waals surface area (Å²) in [6.07, 6.45) is 3.57. The smallest absolute Gasteiger partial charge is 0.240 e. The number of phenolic OH excluding ortho intramolecular Hbond substituents is 1. The van der Waals surface area contributed by atoms with E-state index in [2.05, 4.69) is 6.08 Å². The minimum Gasteiger partial charge on any atom is -0.508 e. The Balaban J connectivity index is 1.95. The average molecular weight is 260 g/mol. The summed E-state index contributed by atoms with van der Waals surface area (Å²) in [5.41, 5.74) is 8.17. The molecule has 1 amide bonds. The summed E-state index contributed by atoms with van der Waals surface area (Å²) in [6.45, 7) is 3.46. The molecule has 1 aliphatic rings. The molecular weight excluding hydrogens is 240 g/mol. The largest absolute Gasteiger partial charge is 0.508 e. The maximum Gasteiger partial charge on any atom is 0.240 e. The third-order valence-electron chi connectivity index (χ3n) is 3.35. The lowest BCUT2D eigenvalue weighted by atomic mass is 10.0. The Morgan fingerprint density at radius 3 is 2.74 bits per heavy atom. The highest BCUT2D eigenvalue weighted by Gasteiger charge is 2.22. The van der Waals surface area contributed by atoms with Gasteiger partial charge in [0.1, 0.15) is 5.75 Å². The zero-order valence-electron chi connectivity index (χ0n) is 11.2. The van der Waals surface area contributed by atoms with Crippen LogP contribution in [0.25, 0.3) is 0 Å². The van der Waals surface area contributed by atoms with Crippen molar-refractivity contribution in [3.63, 3.8) is 0 Å². The van der Waals surface area contributed by atoms with Gasteiger partial charge in [-0.15, -0.1) is 0 Å². The SMILES string of the molecule is CC1=CCCN(C(=O)C(N)Cc2ccc(O)cc2)C1. The molecule has 0 saturated carbocycles. The van der Waals surface area contributed by atoms with Gasteiger partial charge in [-0.3, -0.25) is 4.79 Å². The number of hydrogen-bond donors (Lipinski definition) is 2. The highest BCUT2D eigenvalue weighted by atomic mass is 16.3. The van der Waals surface area contributed by atoms with Gasteiger partial charge in [-0.2, -0.15) is 0 Å².